The van der Waals surface area contributed by atoms with Gasteiger partial charge < -0.3 is 19.3 Å². The predicted octanol–water partition coefficient (Wildman–Crippen LogP) is 4.26. The van der Waals surface area contributed by atoms with Crippen LogP contribution in [0.15, 0.2) is 42.5 Å². The number of likely N-dealkylation sites (N-methyl/N-ethyl adjacent to an activating group) is 1. The maximum atomic E-state index is 13.2. The van der Waals surface area contributed by atoms with E-state index in [-0.39, 0.29) is 12.5 Å². The van der Waals surface area contributed by atoms with E-state index >= 15 is 0 Å². The number of hydrogen-bond donors (Lipinski definition) is 2. The summed E-state index contributed by atoms with van der Waals surface area (Å²) in [6, 6.07) is 11.6. The van der Waals surface area contributed by atoms with E-state index in [2.05, 4.69) is 30.3 Å². The zero-order valence-electron chi connectivity index (χ0n) is 19.3. The fourth-order valence-electron chi connectivity index (χ4n) is 4.91. The summed E-state index contributed by atoms with van der Waals surface area (Å²) < 4.78 is 12.4. The predicted molar refractivity (Wildman–Crippen MR) is 126 cm³/mol. The Labute approximate surface area is 189 Å². The monoisotopic (exact) mass is 437 g/mol. The molecule has 7 heteroatoms. The summed E-state index contributed by atoms with van der Waals surface area (Å²) in [6.07, 6.45) is 4.00. The Balaban J connectivity index is 1.86. The van der Waals surface area contributed by atoms with Crippen molar-refractivity contribution in [2.24, 2.45) is 0 Å². The van der Waals surface area contributed by atoms with E-state index in [1.807, 2.05) is 49.1 Å². The van der Waals surface area contributed by atoms with Crippen molar-refractivity contribution in [3.63, 3.8) is 0 Å². The van der Waals surface area contributed by atoms with Gasteiger partial charge in [0.25, 0.3) is 0 Å². The first-order valence-electron chi connectivity index (χ1n) is 11.0. The van der Waals surface area contributed by atoms with Crippen molar-refractivity contribution in [3.8, 4) is 11.5 Å². The fourth-order valence-corrected chi connectivity index (χ4v) is 4.91. The summed E-state index contributed by atoms with van der Waals surface area (Å²) in [5.74, 6) is 1.14. The third-order valence-electron chi connectivity index (χ3n) is 6.75. The Morgan fingerprint density at radius 3 is 2.59 bits per heavy atom. The molecule has 0 radical (unpaired) electrons. The Morgan fingerprint density at radius 1 is 1.22 bits per heavy atom. The van der Waals surface area contributed by atoms with Gasteiger partial charge >= 0.3 is 0 Å². The minimum absolute atomic E-state index is 0.0523. The highest BCUT2D eigenvalue weighted by atomic mass is 16.5. The van der Waals surface area contributed by atoms with Gasteiger partial charge in [0.05, 0.1) is 18.2 Å². The van der Waals surface area contributed by atoms with E-state index in [0.717, 1.165) is 16.8 Å². The zero-order chi connectivity index (χ0) is 23.1. The molecule has 4 rings (SSSR count). The second-order valence-corrected chi connectivity index (χ2v) is 8.63. The number of nitrogens with one attached hydrogen (secondary N) is 1. The Morgan fingerprint density at radius 2 is 1.94 bits per heavy atom. The van der Waals surface area contributed by atoms with Crippen LogP contribution < -0.4 is 19.9 Å². The molecular formula is C25H31N3O4. The fraction of sp³-hybridized carbons (Fsp3) is 0.400. The van der Waals surface area contributed by atoms with Crippen molar-refractivity contribution in [3.05, 3.63) is 53.6 Å². The van der Waals surface area contributed by atoms with Crippen LogP contribution in [-0.2, 0) is 10.2 Å². The third-order valence-corrected chi connectivity index (χ3v) is 6.75. The van der Waals surface area contributed by atoms with Crippen LogP contribution in [0, 0.1) is 0 Å². The molecule has 2 N–H and O–H groups in total. The lowest BCUT2D eigenvalue weighted by molar-refractivity contribution is -0.130. The summed E-state index contributed by atoms with van der Waals surface area (Å²) in [7, 11) is 1.57. The van der Waals surface area contributed by atoms with Crippen molar-refractivity contribution < 1.29 is 19.5 Å². The smallest absolute Gasteiger partial charge is 0.242 e. The van der Waals surface area contributed by atoms with Gasteiger partial charge in [-0.1, -0.05) is 18.2 Å². The molecule has 1 amide bonds. The molecule has 1 spiro atoms. The van der Waals surface area contributed by atoms with Crippen LogP contribution >= 0.6 is 0 Å². The van der Waals surface area contributed by atoms with E-state index < -0.39 is 11.1 Å². The van der Waals surface area contributed by atoms with E-state index in [1.165, 1.54) is 0 Å². The number of benzene rings is 2. The molecule has 2 heterocycles. The molecule has 0 bridgehead atoms. The Kier molecular flexibility index (Phi) is 5.54. The number of carbonyl (C=O) groups excluding carboxylic acids is 1. The molecule has 32 heavy (non-hydrogen) atoms. The van der Waals surface area contributed by atoms with Crippen LogP contribution in [0.3, 0.4) is 0 Å². The van der Waals surface area contributed by atoms with Crippen molar-refractivity contribution in [1.29, 1.82) is 0 Å². The van der Waals surface area contributed by atoms with Crippen LogP contribution in [0.2, 0.25) is 0 Å². The number of anilines is 2. The molecular weight excluding hydrogens is 406 g/mol. The molecule has 1 unspecified atom stereocenters. The van der Waals surface area contributed by atoms with E-state index in [1.54, 1.807) is 19.2 Å². The molecule has 7 nitrogen and oxygen atoms in total. The largest absolute Gasteiger partial charge is 0.493 e. The highest BCUT2D eigenvalue weighted by Gasteiger charge is 2.59. The van der Waals surface area contributed by atoms with E-state index in [4.69, 9.17) is 9.47 Å². The SMILES string of the molecule is CCN(CC)C(=O)CN1c2ccccc2C(C)(C)C12C=Cc1cc(NO)cc(OC)c1O2. The van der Waals surface area contributed by atoms with E-state index in [9.17, 15) is 10.0 Å². The maximum absolute atomic E-state index is 13.2. The lowest BCUT2D eigenvalue weighted by Crippen LogP contribution is -2.61. The Hall–Kier alpha value is -3.19. The number of fused-ring (bicyclic) bond motifs is 2. The van der Waals surface area contributed by atoms with Crippen molar-refractivity contribution >= 4 is 23.4 Å². The van der Waals surface area contributed by atoms with Crippen LogP contribution in [0.1, 0.15) is 38.8 Å². The van der Waals surface area contributed by atoms with Crippen LogP contribution in [-0.4, -0.2) is 48.5 Å². The normalized spacial score (nSPS) is 19.9. The third kappa shape index (κ3) is 3.11. The number of amides is 1. The molecule has 2 aliphatic rings. The molecule has 1 atom stereocenters. The second-order valence-electron chi connectivity index (χ2n) is 8.63. The lowest BCUT2D eigenvalue weighted by Gasteiger charge is -2.47. The average Bonchev–Trinajstić information content (AvgIpc) is 2.98. The highest BCUT2D eigenvalue weighted by Crippen LogP contribution is 2.56. The quantitative estimate of drug-likeness (QED) is 0.658. The van der Waals surface area contributed by atoms with Crippen molar-refractivity contribution in [2.45, 2.75) is 38.8 Å². The minimum atomic E-state index is -0.923. The van der Waals surface area contributed by atoms with Crippen LogP contribution in [0.4, 0.5) is 11.4 Å². The van der Waals surface area contributed by atoms with Crippen LogP contribution in [0.5, 0.6) is 11.5 Å². The molecule has 2 aliphatic heterocycles. The van der Waals surface area contributed by atoms with Gasteiger partial charge in [-0.2, -0.15) is 0 Å². The maximum Gasteiger partial charge on any atom is 0.242 e. The number of ether oxygens (including phenoxy) is 2. The van der Waals surface area contributed by atoms with Gasteiger partial charge in [0, 0.05) is 30.4 Å². The van der Waals surface area contributed by atoms with Gasteiger partial charge in [0.1, 0.15) is 6.54 Å². The summed E-state index contributed by atoms with van der Waals surface area (Å²) >= 11 is 0. The van der Waals surface area contributed by atoms with Gasteiger partial charge in [0.2, 0.25) is 11.6 Å². The first-order chi connectivity index (χ1) is 15.3. The molecule has 0 aliphatic carbocycles. The Bertz CT molecular complexity index is 1060. The summed E-state index contributed by atoms with van der Waals surface area (Å²) in [6.45, 7) is 9.77. The molecule has 0 saturated heterocycles. The standard InChI is InChI=1S/C25H31N3O4/c1-6-27(7-2)22(29)16-28-20-11-9-8-10-19(20)24(3,4)25(28)13-12-17-14-18(26-30)15-21(31-5)23(17)32-25/h8-15,26,30H,6-7,16H2,1-5H3. The van der Waals surface area contributed by atoms with E-state index in [0.29, 0.717) is 30.3 Å². The lowest BCUT2D eigenvalue weighted by atomic mass is 9.76. The molecule has 170 valence electrons. The van der Waals surface area contributed by atoms with Crippen molar-refractivity contribution in [1.82, 2.24) is 4.90 Å². The van der Waals surface area contributed by atoms with Crippen molar-refractivity contribution in [2.75, 3.05) is 37.1 Å². The van der Waals surface area contributed by atoms with Gasteiger partial charge in [-0.3, -0.25) is 15.5 Å². The summed E-state index contributed by atoms with van der Waals surface area (Å²) in [4.78, 5) is 17.1. The van der Waals surface area contributed by atoms with Gasteiger partial charge in [-0.05, 0) is 57.5 Å². The zero-order valence-corrected chi connectivity index (χ0v) is 19.3. The first-order valence-corrected chi connectivity index (χ1v) is 11.0. The topological polar surface area (TPSA) is 74.3 Å². The molecule has 0 saturated carbocycles. The number of para-hydroxylation sites is 1. The van der Waals surface area contributed by atoms with Gasteiger partial charge in [-0.25, -0.2) is 0 Å². The summed E-state index contributed by atoms with van der Waals surface area (Å²) in [5, 5.41) is 9.38. The number of hydrogen-bond acceptors (Lipinski definition) is 6. The molecule has 2 aromatic rings. The van der Waals surface area contributed by atoms with Gasteiger partial charge in [0.15, 0.2) is 11.5 Å². The molecule has 0 aromatic heterocycles. The van der Waals surface area contributed by atoms with Gasteiger partial charge in [-0.15, -0.1) is 0 Å². The first kappa shape index (κ1) is 22.0. The molecule has 0 fully saturated rings. The minimum Gasteiger partial charge on any atom is -0.493 e. The summed E-state index contributed by atoms with van der Waals surface area (Å²) in [5.41, 5.74) is 4.19. The molecule has 2 aromatic carbocycles. The highest BCUT2D eigenvalue weighted by molar-refractivity contribution is 5.85. The van der Waals surface area contributed by atoms with Crippen LogP contribution in [0.25, 0.3) is 6.08 Å². The average molecular weight is 438 g/mol. The number of carbonyl (C=O) groups is 1. The number of rotatable bonds is 6. The number of methoxy groups -OCH3 is 1. The second kappa shape index (κ2) is 8.06. The number of nitrogens with zero attached hydrogens (tertiary/aromatic N) is 2.